The van der Waals surface area contributed by atoms with E-state index < -0.39 is 0 Å². The normalized spacial score (nSPS) is 19.5. The molecule has 7 nitrogen and oxygen atoms in total. The molecule has 1 fully saturated rings. The van der Waals surface area contributed by atoms with Crippen molar-refractivity contribution in [3.63, 3.8) is 0 Å². The summed E-state index contributed by atoms with van der Waals surface area (Å²) in [6, 6.07) is 11.3. The molecule has 3 heterocycles. The van der Waals surface area contributed by atoms with Crippen LogP contribution < -0.4 is 10.6 Å². The SMILES string of the molecule is CCNC(=NCCCCN1CCC(Cc2ccccc2)CC1)NC1CCc2ncnn2C1.I. The Kier molecular flexibility index (Phi) is 10.9. The first kappa shape index (κ1) is 25.9. The fraction of sp³-hybridized carbons (Fsp3) is 0.640. The highest BCUT2D eigenvalue weighted by atomic mass is 127. The summed E-state index contributed by atoms with van der Waals surface area (Å²) < 4.78 is 2.01. The molecule has 0 radical (unpaired) electrons. The average molecular weight is 566 g/mol. The number of piperidine rings is 1. The molecule has 0 saturated carbocycles. The van der Waals surface area contributed by atoms with Crippen LogP contribution in [0.4, 0.5) is 0 Å². The molecule has 0 spiro atoms. The summed E-state index contributed by atoms with van der Waals surface area (Å²) in [5.41, 5.74) is 1.49. The summed E-state index contributed by atoms with van der Waals surface area (Å²) in [4.78, 5) is 11.8. The fourth-order valence-electron chi connectivity index (χ4n) is 4.87. The summed E-state index contributed by atoms with van der Waals surface area (Å²) in [6.07, 6.45) is 9.96. The van der Waals surface area contributed by atoms with E-state index in [-0.39, 0.29) is 24.0 Å². The standard InChI is InChI=1S/C25H39N7.HI/c1-2-26-25(30-23-10-11-24-28-20-29-32(24)19-23)27-14-6-7-15-31-16-12-22(13-17-31)18-21-8-4-3-5-9-21;/h3-5,8-9,20,22-23H,2,6-7,10-19H2,1H3,(H2,26,27,30);1H. The van der Waals surface area contributed by atoms with Crippen LogP contribution in [0.3, 0.4) is 0 Å². The van der Waals surface area contributed by atoms with Crippen molar-refractivity contribution in [3.8, 4) is 0 Å². The van der Waals surface area contributed by atoms with Gasteiger partial charge in [-0.1, -0.05) is 30.3 Å². The number of fused-ring (bicyclic) bond motifs is 1. The summed E-state index contributed by atoms with van der Waals surface area (Å²) >= 11 is 0. The van der Waals surface area contributed by atoms with Gasteiger partial charge in [-0.05, 0) is 76.6 Å². The van der Waals surface area contributed by atoms with Crippen molar-refractivity contribution in [2.24, 2.45) is 10.9 Å². The number of nitrogens with one attached hydrogen (secondary N) is 2. The number of unbranched alkanes of at least 4 members (excludes halogenated alkanes) is 1. The Morgan fingerprint density at radius 3 is 2.73 bits per heavy atom. The molecule has 33 heavy (non-hydrogen) atoms. The zero-order valence-electron chi connectivity index (χ0n) is 20.0. The third-order valence-corrected chi connectivity index (χ3v) is 6.72. The van der Waals surface area contributed by atoms with Gasteiger partial charge in [0.15, 0.2) is 5.96 Å². The van der Waals surface area contributed by atoms with E-state index in [4.69, 9.17) is 4.99 Å². The summed E-state index contributed by atoms with van der Waals surface area (Å²) in [7, 11) is 0. The number of aromatic nitrogens is 3. The number of hydrogen-bond donors (Lipinski definition) is 2. The Morgan fingerprint density at radius 2 is 1.94 bits per heavy atom. The smallest absolute Gasteiger partial charge is 0.191 e. The summed E-state index contributed by atoms with van der Waals surface area (Å²) in [5, 5.41) is 11.3. The van der Waals surface area contributed by atoms with Gasteiger partial charge in [0, 0.05) is 25.6 Å². The van der Waals surface area contributed by atoms with E-state index in [9.17, 15) is 0 Å². The average Bonchev–Trinajstić information content (AvgIpc) is 3.29. The first-order valence-electron chi connectivity index (χ1n) is 12.5. The number of benzene rings is 1. The second-order valence-corrected chi connectivity index (χ2v) is 9.18. The highest BCUT2D eigenvalue weighted by molar-refractivity contribution is 14.0. The molecule has 1 aromatic carbocycles. The number of likely N-dealkylation sites (tertiary alicyclic amines) is 1. The van der Waals surface area contributed by atoms with Gasteiger partial charge < -0.3 is 15.5 Å². The van der Waals surface area contributed by atoms with Crippen molar-refractivity contribution in [3.05, 3.63) is 48.0 Å². The van der Waals surface area contributed by atoms with Crippen LogP contribution in [-0.2, 0) is 19.4 Å². The van der Waals surface area contributed by atoms with E-state index >= 15 is 0 Å². The monoisotopic (exact) mass is 565 g/mol. The van der Waals surface area contributed by atoms with Gasteiger partial charge in [-0.2, -0.15) is 5.10 Å². The molecule has 2 aliphatic rings. The molecule has 0 aliphatic carbocycles. The highest BCUT2D eigenvalue weighted by Gasteiger charge is 2.21. The third-order valence-electron chi connectivity index (χ3n) is 6.72. The van der Waals surface area contributed by atoms with Crippen LogP contribution in [0.1, 0.15) is 50.4 Å². The molecule has 1 aromatic heterocycles. The minimum absolute atomic E-state index is 0. The first-order valence-corrected chi connectivity index (χ1v) is 12.5. The molecule has 1 saturated heterocycles. The van der Waals surface area contributed by atoms with E-state index in [1.807, 2.05) is 4.68 Å². The van der Waals surface area contributed by atoms with E-state index in [1.54, 1.807) is 6.33 Å². The van der Waals surface area contributed by atoms with Crippen molar-refractivity contribution in [1.29, 1.82) is 0 Å². The minimum atomic E-state index is 0. The summed E-state index contributed by atoms with van der Waals surface area (Å²) in [5.74, 6) is 2.87. The zero-order valence-corrected chi connectivity index (χ0v) is 22.3. The molecule has 1 atom stereocenters. The quantitative estimate of drug-likeness (QED) is 0.211. The lowest BCUT2D eigenvalue weighted by atomic mass is 9.90. The molecular weight excluding hydrogens is 525 g/mol. The maximum Gasteiger partial charge on any atom is 0.191 e. The molecule has 2 aromatic rings. The van der Waals surface area contributed by atoms with Gasteiger partial charge in [0.1, 0.15) is 12.2 Å². The van der Waals surface area contributed by atoms with Crippen LogP contribution in [-0.4, -0.2) is 64.4 Å². The largest absolute Gasteiger partial charge is 0.357 e. The first-order chi connectivity index (χ1) is 15.8. The fourth-order valence-corrected chi connectivity index (χ4v) is 4.87. The van der Waals surface area contributed by atoms with Crippen LogP contribution in [0.5, 0.6) is 0 Å². The Balaban J connectivity index is 0.00000306. The lowest BCUT2D eigenvalue weighted by Crippen LogP contribution is -2.47. The van der Waals surface area contributed by atoms with E-state index in [1.165, 1.54) is 50.9 Å². The molecule has 0 amide bonds. The van der Waals surface area contributed by atoms with Gasteiger partial charge in [-0.25, -0.2) is 9.67 Å². The maximum absolute atomic E-state index is 4.82. The second kappa shape index (κ2) is 13.9. The predicted molar refractivity (Wildman–Crippen MR) is 145 cm³/mol. The Morgan fingerprint density at radius 1 is 1.12 bits per heavy atom. The van der Waals surface area contributed by atoms with Crippen molar-refractivity contribution in [2.75, 3.05) is 32.7 Å². The van der Waals surface area contributed by atoms with Crippen LogP contribution in [0.2, 0.25) is 0 Å². The highest BCUT2D eigenvalue weighted by Crippen LogP contribution is 2.21. The molecule has 1 unspecified atom stereocenters. The predicted octanol–water partition coefficient (Wildman–Crippen LogP) is 3.50. The number of aliphatic imine (C=N–C) groups is 1. The number of aryl methyl sites for hydroxylation is 1. The van der Waals surface area contributed by atoms with Crippen LogP contribution in [0.15, 0.2) is 41.7 Å². The molecule has 2 aliphatic heterocycles. The van der Waals surface area contributed by atoms with Gasteiger partial charge in [0.25, 0.3) is 0 Å². The van der Waals surface area contributed by atoms with E-state index in [0.29, 0.717) is 6.04 Å². The number of nitrogens with zero attached hydrogens (tertiary/aromatic N) is 5. The number of guanidine groups is 1. The van der Waals surface area contributed by atoms with Crippen molar-refractivity contribution in [2.45, 2.75) is 64.5 Å². The molecule has 0 bridgehead atoms. The van der Waals surface area contributed by atoms with Crippen molar-refractivity contribution in [1.82, 2.24) is 30.3 Å². The molecule has 8 heteroatoms. The van der Waals surface area contributed by atoms with Crippen LogP contribution in [0.25, 0.3) is 0 Å². The summed E-state index contributed by atoms with van der Waals surface area (Å²) in [6.45, 7) is 8.43. The molecule has 182 valence electrons. The lowest BCUT2D eigenvalue weighted by Gasteiger charge is -2.32. The van der Waals surface area contributed by atoms with E-state index in [0.717, 1.165) is 56.6 Å². The molecule has 2 N–H and O–H groups in total. The molecule has 4 rings (SSSR count). The second-order valence-electron chi connectivity index (χ2n) is 9.18. The van der Waals surface area contributed by atoms with Gasteiger partial charge in [0.05, 0.1) is 6.54 Å². The topological polar surface area (TPSA) is 70.4 Å². The lowest BCUT2D eigenvalue weighted by molar-refractivity contribution is 0.181. The van der Waals surface area contributed by atoms with Crippen LogP contribution in [0, 0.1) is 5.92 Å². The van der Waals surface area contributed by atoms with Gasteiger partial charge >= 0.3 is 0 Å². The van der Waals surface area contributed by atoms with Crippen molar-refractivity contribution >= 4 is 29.9 Å². The van der Waals surface area contributed by atoms with Gasteiger partial charge in [-0.15, -0.1) is 24.0 Å². The Bertz CT molecular complexity index is 830. The third kappa shape index (κ3) is 8.24. The zero-order chi connectivity index (χ0) is 22.0. The van der Waals surface area contributed by atoms with Gasteiger partial charge in [0.2, 0.25) is 0 Å². The number of halogens is 1. The van der Waals surface area contributed by atoms with Gasteiger partial charge in [-0.3, -0.25) is 4.99 Å². The Hall–Kier alpha value is -1.68. The number of hydrogen-bond acceptors (Lipinski definition) is 4. The van der Waals surface area contributed by atoms with Crippen LogP contribution >= 0.6 is 24.0 Å². The Labute approximate surface area is 215 Å². The molecular formula is C25H40IN7. The number of rotatable bonds is 9. The maximum atomic E-state index is 4.82. The van der Waals surface area contributed by atoms with E-state index in [2.05, 4.69) is 62.9 Å². The minimum Gasteiger partial charge on any atom is -0.357 e. The van der Waals surface area contributed by atoms with Crippen molar-refractivity contribution < 1.29 is 0 Å².